The van der Waals surface area contributed by atoms with Gasteiger partial charge >= 0.3 is 0 Å². The molecular formula is C26H20N2O7. The summed E-state index contributed by atoms with van der Waals surface area (Å²) in [4.78, 5) is 22.0. The summed E-state index contributed by atoms with van der Waals surface area (Å²) in [6.07, 6.45) is 0. The second-order valence-electron chi connectivity index (χ2n) is 7.38. The molecule has 9 heteroatoms. The van der Waals surface area contributed by atoms with Gasteiger partial charge in [-0.3, -0.25) is 20.2 Å². The van der Waals surface area contributed by atoms with E-state index < -0.39 is 9.85 Å². The van der Waals surface area contributed by atoms with Gasteiger partial charge < -0.3 is 14.2 Å². The highest BCUT2D eigenvalue weighted by atomic mass is 16.6. The predicted octanol–water partition coefficient (Wildman–Crippen LogP) is 6.65. The molecule has 0 saturated heterocycles. The van der Waals surface area contributed by atoms with Gasteiger partial charge in [0.2, 0.25) is 0 Å². The van der Waals surface area contributed by atoms with Crippen molar-refractivity contribution in [3.05, 3.63) is 105 Å². The molecule has 4 rings (SSSR count). The standard InChI is InChI=1S/C26H20N2O7/c1-33-25-15-17(19-7-3-5-9-21(19)27(29)30)11-13-23(25)35-24-14-12-18(16-26(24)34-2)20-8-4-6-10-22(20)28(31)32/h3-16H,1-2H3. The van der Waals surface area contributed by atoms with Gasteiger partial charge in [-0.25, -0.2) is 0 Å². The zero-order chi connectivity index (χ0) is 24.9. The molecule has 0 spiro atoms. The lowest BCUT2D eigenvalue weighted by atomic mass is 10.0. The highest BCUT2D eigenvalue weighted by Crippen LogP contribution is 2.42. The van der Waals surface area contributed by atoms with Crippen LogP contribution in [0.4, 0.5) is 11.4 Å². The number of rotatable bonds is 8. The Bertz CT molecular complexity index is 1310. The molecule has 0 aliphatic rings. The largest absolute Gasteiger partial charge is 0.493 e. The van der Waals surface area contributed by atoms with Gasteiger partial charge in [0, 0.05) is 12.1 Å². The SMILES string of the molecule is COc1cc(-c2ccccc2[N+](=O)[O-])ccc1Oc1ccc(-c2ccccc2[N+](=O)[O-])cc1OC. The van der Waals surface area contributed by atoms with Crippen molar-refractivity contribution < 1.29 is 24.1 Å². The van der Waals surface area contributed by atoms with E-state index in [0.29, 0.717) is 45.3 Å². The Hall–Kier alpha value is -4.92. The van der Waals surface area contributed by atoms with Gasteiger partial charge in [-0.05, 0) is 47.5 Å². The van der Waals surface area contributed by atoms with Crippen LogP contribution in [0.15, 0.2) is 84.9 Å². The molecule has 0 aliphatic heterocycles. The van der Waals surface area contributed by atoms with Crippen LogP contribution in [-0.4, -0.2) is 24.1 Å². The minimum atomic E-state index is -0.435. The van der Waals surface area contributed by atoms with E-state index in [4.69, 9.17) is 14.2 Å². The van der Waals surface area contributed by atoms with Crippen LogP contribution in [-0.2, 0) is 0 Å². The normalized spacial score (nSPS) is 10.5. The molecule has 0 saturated carbocycles. The summed E-state index contributed by atoms with van der Waals surface area (Å²) in [6, 6.07) is 22.9. The van der Waals surface area contributed by atoms with E-state index in [0.717, 1.165) is 0 Å². The molecular weight excluding hydrogens is 452 g/mol. The van der Waals surface area contributed by atoms with Gasteiger partial charge in [-0.1, -0.05) is 36.4 Å². The number of hydrogen-bond donors (Lipinski definition) is 0. The highest BCUT2D eigenvalue weighted by Gasteiger charge is 2.19. The number of benzene rings is 4. The monoisotopic (exact) mass is 472 g/mol. The van der Waals surface area contributed by atoms with Gasteiger partial charge in [0.25, 0.3) is 11.4 Å². The summed E-state index contributed by atoms with van der Waals surface area (Å²) >= 11 is 0. The van der Waals surface area contributed by atoms with Crippen LogP contribution < -0.4 is 14.2 Å². The number of hydrogen-bond acceptors (Lipinski definition) is 7. The van der Waals surface area contributed by atoms with Crippen molar-refractivity contribution in [2.45, 2.75) is 0 Å². The minimum Gasteiger partial charge on any atom is -0.493 e. The fourth-order valence-electron chi connectivity index (χ4n) is 3.71. The summed E-state index contributed by atoms with van der Waals surface area (Å²) in [6.45, 7) is 0. The Morgan fingerprint density at radius 1 is 0.571 bits per heavy atom. The maximum Gasteiger partial charge on any atom is 0.277 e. The Morgan fingerprint density at radius 2 is 0.971 bits per heavy atom. The van der Waals surface area contributed by atoms with Gasteiger partial charge in [-0.15, -0.1) is 0 Å². The molecule has 4 aromatic rings. The van der Waals surface area contributed by atoms with Gasteiger partial charge in [0.15, 0.2) is 23.0 Å². The summed E-state index contributed by atoms with van der Waals surface area (Å²) < 4.78 is 17.0. The third-order valence-electron chi connectivity index (χ3n) is 5.37. The lowest BCUT2D eigenvalue weighted by Crippen LogP contribution is -1.96. The average molecular weight is 472 g/mol. The molecule has 0 N–H and O–H groups in total. The van der Waals surface area contributed by atoms with E-state index in [1.807, 2.05) is 0 Å². The number of nitrogens with zero attached hydrogens (tertiary/aromatic N) is 2. The second-order valence-corrected chi connectivity index (χ2v) is 7.38. The molecule has 0 aliphatic carbocycles. The van der Waals surface area contributed by atoms with E-state index in [1.54, 1.807) is 72.8 Å². The van der Waals surface area contributed by atoms with Crippen LogP contribution in [0.25, 0.3) is 22.3 Å². The molecule has 0 amide bonds. The van der Waals surface area contributed by atoms with Gasteiger partial charge in [-0.2, -0.15) is 0 Å². The molecule has 9 nitrogen and oxygen atoms in total. The fourth-order valence-corrected chi connectivity index (χ4v) is 3.71. The van der Waals surface area contributed by atoms with Crippen molar-refractivity contribution in [1.82, 2.24) is 0 Å². The first-order valence-electron chi connectivity index (χ1n) is 10.4. The van der Waals surface area contributed by atoms with Crippen LogP contribution in [0.5, 0.6) is 23.0 Å². The molecule has 0 bridgehead atoms. The van der Waals surface area contributed by atoms with Gasteiger partial charge in [0.05, 0.1) is 35.2 Å². The predicted molar refractivity (Wildman–Crippen MR) is 130 cm³/mol. The summed E-state index contributed by atoms with van der Waals surface area (Å²) in [5, 5.41) is 22.8. The zero-order valence-corrected chi connectivity index (χ0v) is 18.8. The highest BCUT2D eigenvalue weighted by molar-refractivity contribution is 5.77. The lowest BCUT2D eigenvalue weighted by molar-refractivity contribution is -0.384. The Labute approximate surface area is 200 Å². The lowest BCUT2D eigenvalue weighted by Gasteiger charge is -2.15. The molecule has 0 aromatic heterocycles. The number of ether oxygens (including phenoxy) is 3. The molecule has 0 fully saturated rings. The maximum atomic E-state index is 11.4. The van der Waals surface area contributed by atoms with Crippen molar-refractivity contribution in [2.24, 2.45) is 0 Å². The third kappa shape index (κ3) is 4.74. The van der Waals surface area contributed by atoms with E-state index in [1.165, 1.54) is 26.4 Å². The number of nitro groups is 2. The Balaban J connectivity index is 1.69. The number of para-hydroxylation sites is 2. The van der Waals surface area contributed by atoms with Crippen molar-refractivity contribution in [3.8, 4) is 45.3 Å². The van der Waals surface area contributed by atoms with Crippen LogP contribution >= 0.6 is 0 Å². The van der Waals surface area contributed by atoms with E-state index >= 15 is 0 Å². The molecule has 4 aromatic carbocycles. The molecule has 176 valence electrons. The van der Waals surface area contributed by atoms with Crippen molar-refractivity contribution in [3.63, 3.8) is 0 Å². The van der Waals surface area contributed by atoms with E-state index in [2.05, 4.69) is 0 Å². The van der Waals surface area contributed by atoms with Crippen LogP contribution in [0.1, 0.15) is 0 Å². The minimum absolute atomic E-state index is 0.0181. The van der Waals surface area contributed by atoms with Crippen molar-refractivity contribution >= 4 is 11.4 Å². The Kier molecular flexibility index (Phi) is 6.59. The summed E-state index contributed by atoms with van der Waals surface area (Å²) in [5.74, 6) is 1.47. The van der Waals surface area contributed by atoms with Crippen LogP contribution in [0, 0.1) is 20.2 Å². The van der Waals surface area contributed by atoms with Gasteiger partial charge in [0.1, 0.15) is 0 Å². The van der Waals surface area contributed by atoms with E-state index in [9.17, 15) is 20.2 Å². The maximum absolute atomic E-state index is 11.4. The third-order valence-corrected chi connectivity index (χ3v) is 5.37. The first kappa shape index (κ1) is 23.2. The number of methoxy groups -OCH3 is 2. The molecule has 35 heavy (non-hydrogen) atoms. The molecule has 0 unspecified atom stereocenters. The topological polar surface area (TPSA) is 114 Å². The quantitative estimate of drug-likeness (QED) is 0.208. The zero-order valence-electron chi connectivity index (χ0n) is 18.8. The fraction of sp³-hybridized carbons (Fsp3) is 0.0769. The first-order chi connectivity index (χ1) is 16.9. The average Bonchev–Trinajstić information content (AvgIpc) is 2.89. The molecule has 0 atom stereocenters. The van der Waals surface area contributed by atoms with Crippen LogP contribution in [0.3, 0.4) is 0 Å². The smallest absolute Gasteiger partial charge is 0.277 e. The second kappa shape index (κ2) is 9.92. The van der Waals surface area contributed by atoms with Crippen molar-refractivity contribution in [2.75, 3.05) is 14.2 Å². The molecule has 0 heterocycles. The van der Waals surface area contributed by atoms with Crippen LogP contribution in [0.2, 0.25) is 0 Å². The first-order valence-corrected chi connectivity index (χ1v) is 10.4. The summed E-state index contributed by atoms with van der Waals surface area (Å²) in [5.41, 5.74) is 2.06. The Morgan fingerprint density at radius 3 is 1.34 bits per heavy atom. The van der Waals surface area contributed by atoms with Crippen molar-refractivity contribution in [1.29, 1.82) is 0 Å². The molecule has 0 radical (unpaired) electrons. The number of nitro benzene ring substituents is 2. The summed E-state index contributed by atoms with van der Waals surface area (Å²) in [7, 11) is 2.94. The van der Waals surface area contributed by atoms with E-state index in [-0.39, 0.29) is 11.4 Å².